The van der Waals surface area contributed by atoms with Gasteiger partial charge in [-0.3, -0.25) is 0 Å². The summed E-state index contributed by atoms with van der Waals surface area (Å²) in [5.41, 5.74) is 6.57. The van der Waals surface area contributed by atoms with Crippen LogP contribution in [-0.4, -0.2) is 14.2 Å². The van der Waals surface area contributed by atoms with Crippen LogP contribution in [0.25, 0.3) is 11.1 Å². The quantitative estimate of drug-likeness (QED) is 0.944. The zero-order valence-corrected chi connectivity index (χ0v) is 12.2. The Bertz CT molecular complexity index is 787. The van der Waals surface area contributed by atoms with Gasteiger partial charge in [0.05, 0.1) is 11.3 Å². The van der Waals surface area contributed by atoms with Crippen LogP contribution < -0.4 is 5.73 Å². The molecule has 0 atom stereocenters. The number of thiophene rings is 1. The molecule has 20 heavy (non-hydrogen) atoms. The molecule has 0 radical (unpaired) electrons. The molecule has 0 bridgehead atoms. The first kappa shape index (κ1) is 14.5. The first-order chi connectivity index (χ1) is 9.40. The van der Waals surface area contributed by atoms with Crippen molar-refractivity contribution < 1.29 is 12.8 Å². The molecule has 2 N–H and O–H groups in total. The van der Waals surface area contributed by atoms with Crippen LogP contribution in [0, 0.1) is 17.1 Å². The number of benzene rings is 1. The van der Waals surface area contributed by atoms with Crippen molar-refractivity contribution >= 4 is 26.2 Å². The molecule has 4 nitrogen and oxygen atoms in total. The lowest BCUT2D eigenvalue weighted by Gasteiger charge is -2.04. The minimum atomic E-state index is -3.51. The lowest BCUT2D eigenvalue weighted by atomic mass is 10.0. The Hall–Kier alpha value is -1.91. The van der Waals surface area contributed by atoms with Gasteiger partial charge in [0, 0.05) is 5.56 Å². The molecule has 0 spiro atoms. The predicted octanol–water partition coefficient (Wildman–Crippen LogP) is 2.80. The number of nitrogen functional groups attached to an aromatic ring is 1. The summed E-state index contributed by atoms with van der Waals surface area (Å²) in [6, 6.07) is 7.22. The fourth-order valence-corrected chi connectivity index (χ4v) is 4.46. The Morgan fingerprint density at radius 1 is 1.35 bits per heavy atom. The number of sulfone groups is 1. The van der Waals surface area contributed by atoms with Crippen LogP contribution in [0.2, 0.25) is 0 Å². The molecule has 0 fully saturated rings. The standard InChI is InChI=1S/C13H11FN2O2S2/c1-2-20(17,18)13-11(10(7-15)12(16)19-13)8-3-5-9(14)6-4-8/h3-6H,2,16H2,1H3. The zero-order valence-electron chi connectivity index (χ0n) is 10.6. The smallest absolute Gasteiger partial charge is 0.188 e. The van der Waals surface area contributed by atoms with Gasteiger partial charge in [0.2, 0.25) is 0 Å². The van der Waals surface area contributed by atoms with Gasteiger partial charge < -0.3 is 5.73 Å². The summed E-state index contributed by atoms with van der Waals surface area (Å²) >= 11 is 0.870. The van der Waals surface area contributed by atoms with E-state index in [1.54, 1.807) is 0 Å². The van der Waals surface area contributed by atoms with Gasteiger partial charge >= 0.3 is 0 Å². The maximum absolute atomic E-state index is 13.0. The van der Waals surface area contributed by atoms with E-state index in [1.165, 1.54) is 31.2 Å². The van der Waals surface area contributed by atoms with Crippen LogP contribution in [0.4, 0.5) is 9.39 Å². The number of hydrogen-bond acceptors (Lipinski definition) is 5. The highest BCUT2D eigenvalue weighted by atomic mass is 32.2. The van der Waals surface area contributed by atoms with Gasteiger partial charge in [-0.25, -0.2) is 12.8 Å². The average Bonchev–Trinajstić information content (AvgIpc) is 2.77. The summed E-state index contributed by atoms with van der Waals surface area (Å²) in [6.07, 6.45) is 0. The molecule has 1 aromatic carbocycles. The number of nitriles is 1. The van der Waals surface area contributed by atoms with Crippen molar-refractivity contribution in [3.8, 4) is 17.2 Å². The van der Waals surface area contributed by atoms with Gasteiger partial charge in [0.1, 0.15) is 21.1 Å². The molecule has 0 aliphatic rings. The van der Waals surface area contributed by atoms with Gasteiger partial charge in [-0.05, 0) is 17.7 Å². The van der Waals surface area contributed by atoms with E-state index in [0.717, 1.165) is 11.3 Å². The predicted molar refractivity (Wildman–Crippen MR) is 76.6 cm³/mol. The van der Waals surface area contributed by atoms with E-state index in [0.29, 0.717) is 5.56 Å². The second-order valence-electron chi connectivity index (χ2n) is 4.03. The van der Waals surface area contributed by atoms with E-state index in [1.807, 2.05) is 6.07 Å². The molecule has 1 aromatic heterocycles. The maximum atomic E-state index is 13.0. The van der Waals surface area contributed by atoms with Crippen molar-refractivity contribution in [3.63, 3.8) is 0 Å². The Labute approximate surface area is 120 Å². The molecule has 0 aliphatic carbocycles. The summed E-state index contributed by atoms with van der Waals surface area (Å²) in [6.45, 7) is 1.52. The number of nitrogens with two attached hydrogens (primary N) is 1. The molecule has 2 rings (SSSR count). The van der Waals surface area contributed by atoms with Crippen molar-refractivity contribution in [1.82, 2.24) is 0 Å². The monoisotopic (exact) mass is 310 g/mol. The third kappa shape index (κ3) is 2.40. The third-order valence-electron chi connectivity index (χ3n) is 2.81. The minimum absolute atomic E-state index is 0.0562. The highest BCUT2D eigenvalue weighted by Gasteiger charge is 2.26. The Morgan fingerprint density at radius 2 is 1.95 bits per heavy atom. The van der Waals surface area contributed by atoms with E-state index >= 15 is 0 Å². The Morgan fingerprint density at radius 3 is 2.45 bits per heavy atom. The fraction of sp³-hybridized carbons (Fsp3) is 0.154. The third-order valence-corrected chi connectivity index (χ3v) is 6.16. The average molecular weight is 310 g/mol. The van der Waals surface area contributed by atoms with Gasteiger partial charge in [0.15, 0.2) is 9.84 Å². The van der Waals surface area contributed by atoms with E-state index in [9.17, 15) is 18.1 Å². The molecule has 0 saturated carbocycles. The first-order valence-corrected chi connectivity index (χ1v) is 8.18. The van der Waals surface area contributed by atoms with Crippen LogP contribution in [-0.2, 0) is 9.84 Å². The molecular formula is C13H11FN2O2S2. The van der Waals surface area contributed by atoms with E-state index < -0.39 is 15.7 Å². The summed E-state index contributed by atoms with van der Waals surface area (Å²) in [7, 11) is -3.51. The molecule has 2 aromatic rings. The summed E-state index contributed by atoms with van der Waals surface area (Å²) in [5, 5.41) is 9.33. The molecule has 0 unspecified atom stereocenters. The van der Waals surface area contributed by atoms with Crippen LogP contribution in [0.15, 0.2) is 28.5 Å². The van der Waals surface area contributed by atoms with Gasteiger partial charge in [-0.1, -0.05) is 19.1 Å². The van der Waals surface area contributed by atoms with Gasteiger partial charge in [-0.15, -0.1) is 11.3 Å². The van der Waals surface area contributed by atoms with Crippen LogP contribution in [0.3, 0.4) is 0 Å². The molecule has 0 aliphatic heterocycles. The number of anilines is 1. The highest BCUT2D eigenvalue weighted by molar-refractivity contribution is 7.93. The van der Waals surface area contributed by atoms with Crippen molar-refractivity contribution in [1.29, 1.82) is 5.26 Å². The Kier molecular flexibility index (Phi) is 3.79. The van der Waals surface area contributed by atoms with Crippen LogP contribution >= 0.6 is 11.3 Å². The van der Waals surface area contributed by atoms with E-state index in [-0.39, 0.29) is 26.1 Å². The number of halogens is 1. The zero-order chi connectivity index (χ0) is 14.9. The topological polar surface area (TPSA) is 83.9 Å². The maximum Gasteiger partial charge on any atom is 0.188 e. The molecule has 0 saturated heterocycles. The van der Waals surface area contributed by atoms with E-state index in [4.69, 9.17) is 5.73 Å². The molecular weight excluding hydrogens is 299 g/mol. The van der Waals surface area contributed by atoms with Gasteiger partial charge in [-0.2, -0.15) is 5.26 Å². The molecule has 1 heterocycles. The summed E-state index contributed by atoms with van der Waals surface area (Å²) in [5.74, 6) is -0.526. The molecule has 7 heteroatoms. The summed E-state index contributed by atoms with van der Waals surface area (Å²) in [4.78, 5) is 0. The minimum Gasteiger partial charge on any atom is -0.389 e. The largest absolute Gasteiger partial charge is 0.389 e. The highest BCUT2D eigenvalue weighted by Crippen LogP contribution is 2.41. The first-order valence-electron chi connectivity index (χ1n) is 5.71. The summed E-state index contributed by atoms with van der Waals surface area (Å²) < 4.78 is 37.3. The molecule has 104 valence electrons. The SMILES string of the molecule is CCS(=O)(=O)c1sc(N)c(C#N)c1-c1ccc(F)cc1. The second-order valence-corrected chi connectivity index (χ2v) is 7.55. The molecule has 0 amide bonds. The lowest BCUT2D eigenvalue weighted by molar-refractivity contribution is 0.599. The van der Waals surface area contributed by atoms with Crippen LogP contribution in [0.1, 0.15) is 12.5 Å². The lowest BCUT2D eigenvalue weighted by Crippen LogP contribution is -2.03. The fourth-order valence-electron chi connectivity index (χ4n) is 1.77. The van der Waals surface area contributed by atoms with Crippen LogP contribution in [0.5, 0.6) is 0 Å². The number of rotatable bonds is 3. The normalized spacial score (nSPS) is 11.2. The van der Waals surface area contributed by atoms with Crippen molar-refractivity contribution in [3.05, 3.63) is 35.6 Å². The number of nitrogens with zero attached hydrogens (tertiary/aromatic N) is 1. The van der Waals surface area contributed by atoms with Crippen molar-refractivity contribution in [2.45, 2.75) is 11.1 Å². The van der Waals surface area contributed by atoms with Crippen molar-refractivity contribution in [2.24, 2.45) is 0 Å². The van der Waals surface area contributed by atoms with E-state index in [2.05, 4.69) is 0 Å². The number of hydrogen-bond donors (Lipinski definition) is 1. The van der Waals surface area contributed by atoms with Crippen molar-refractivity contribution in [2.75, 3.05) is 11.5 Å². The Balaban J connectivity index is 2.80. The van der Waals surface area contributed by atoms with Gasteiger partial charge in [0.25, 0.3) is 0 Å². The second kappa shape index (κ2) is 5.23.